The number of carboxylic acid groups (broad SMARTS) is 1. The smallest absolute Gasteiger partial charge is 0.305 e. The van der Waals surface area contributed by atoms with Crippen molar-refractivity contribution in [3.05, 3.63) is 54.4 Å². The van der Waals surface area contributed by atoms with E-state index in [1.807, 2.05) is 47.3 Å². The third kappa shape index (κ3) is 2.88. The average Bonchev–Trinajstić information content (AvgIpc) is 2.98. The fourth-order valence-electron chi connectivity index (χ4n) is 2.87. The van der Waals surface area contributed by atoms with Gasteiger partial charge in [-0.25, -0.2) is 0 Å². The van der Waals surface area contributed by atoms with Gasteiger partial charge in [-0.2, -0.15) is 0 Å². The Bertz CT molecular complexity index is 688. The standard InChI is InChI=1S/C17H18N2O3/c20-15(21)12-17(7-4-8-17)18-16(22)13-5-3-6-14(11-13)19-9-1-2-10-19/h1-3,5-6,9-11H,4,7-8,12H2,(H,18,22)(H,20,21). The Kier molecular flexibility index (Phi) is 3.71. The van der Waals surface area contributed by atoms with Crippen LogP contribution in [0.25, 0.3) is 5.69 Å². The van der Waals surface area contributed by atoms with Crippen molar-refractivity contribution < 1.29 is 14.7 Å². The van der Waals surface area contributed by atoms with E-state index in [0.29, 0.717) is 5.56 Å². The highest BCUT2D eigenvalue weighted by molar-refractivity contribution is 5.95. The number of carbonyl (C=O) groups excluding carboxylic acids is 1. The summed E-state index contributed by atoms with van der Waals surface area (Å²) in [6, 6.07) is 11.1. The first kappa shape index (κ1) is 14.4. The van der Waals surface area contributed by atoms with E-state index in [-0.39, 0.29) is 12.3 Å². The summed E-state index contributed by atoms with van der Waals surface area (Å²) in [6.45, 7) is 0. The van der Waals surface area contributed by atoms with E-state index in [4.69, 9.17) is 5.11 Å². The first-order valence-corrected chi connectivity index (χ1v) is 7.36. The Balaban J connectivity index is 1.78. The van der Waals surface area contributed by atoms with Gasteiger partial charge in [0.05, 0.1) is 12.0 Å². The molecule has 1 saturated carbocycles. The van der Waals surface area contributed by atoms with Gasteiger partial charge in [0, 0.05) is 23.6 Å². The van der Waals surface area contributed by atoms with Gasteiger partial charge in [-0.05, 0) is 49.6 Å². The largest absolute Gasteiger partial charge is 0.481 e. The molecule has 2 N–H and O–H groups in total. The van der Waals surface area contributed by atoms with Crippen molar-refractivity contribution in [1.29, 1.82) is 0 Å². The van der Waals surface area contributed by atoms with Crippen molar-refractivity contribution in [3.63, 3.8) is 0 Å². The highest BCUT2D eigenvalue weighted by Gasteiger charge is 2.40. The fraction of sp³-hybridized carbons (Fsp3) is 0.294. The molecule has 0 spiro atoms. The van der Waals surface area contributed by atoms with Crippen LogP contribution in [0.2, 0.25) is 0 Å². The third-order valence-corrected chi connectivity index (χ3v) is 4.19. The van der Waals surface area contributed by atoms with Crippen molar-refractivity contribution in [2.24, 2.45) is 0 Å². The van der Waals surface area contributed by atoms with Crippen LogP contribution >= 0.6 is 0 Å². The molecule has 1 aromatic carbocycles. The van der Waals surface area contributed by atoms with E-state index >= 15 is 0 Å². The summed E-state index contributed by atoms with van der Waals surface area (Å²) in [5, 5.41) is 11.9. The Labute approximate surface area is 128 Å². The minimum absolute atomic E-state index is 0.0178. The summed E-state index contributed by atoms with van der Waals surface area (Å²) in [6.07, 6.45) is 6.21. The Morgan fingerprint density at radius 1 is 1.18 bits per heavy atom. The van der Waals surface area contributed by atoms with Crippen LogP contribution in [0, 0.1) is 0 Å². The normalized spacial score (nSPS) is 15.8. The molecule has 2 aromatic rings. The van der Waals surface area contributed by atoms with Crippen LogP contribution in [0.1, 0.15) is 36.0 Å². The summed E-state index contributed by atoms with van der Waals surface area (Å²) in [5.74, 6) is -1.09. The molecule has 0 saturated heterocycles. The molecule has 0 atom stereocenters. The monoisotopic (exact) mass is 298 g/mol. The number of hydrogen-bond donors (Lipinski definition) is 2. The summed E-state index contributed by atoms with van der Waals surface area (Å²) in [4.78, 5) is 23.4. The highest BCUT2D eigenvalue weighted by atomic mass is 16.4. The van der Waals surface area contributed by atoms with Crippen molar-refractivity contribution >= 4 is 11.9 Å². The Morgan fingerprint density at radius 3 is 2.50 bits per heavy atom. The first-order valence-electron chi connectivity index (χ1n) is 7.36. The van der Waals surface area contributed by atoms with E-state index in [0.717, 1.165) is 24.9 Å². The lowest BCUT2D eigenvalue weighted by Crippen LogP contribution is -2.54. The van der Waals surface area contributed by atoms with Crippen LogP contribution in [0.5, 0.6) is 0 Å². The molecule has 5 nitrogen and oxygen atoms in total. The van der Waals surface area contributed by atoms with Gasteiger partial charge < -0.3 is 15.0 Å². The minimum Gasteiger partial charge on any atom is -0.481 e. The summed E-state index contributed by atoms with van der Waals surface area (Å²) < 4.78 is 1.92. The minimum atomic E-state index is -0.874. The lowest BCUT2D eigenvalue weighted by atomic mass is 9.74. The van der Waals surface area contributed by atoms with Gasteiger partial charge in [0.15, 0.2) is 0 Å². The van der Waals surface area contributed by atoms with Crippen molar-refractivity contribution in [1.82, 2.24) is 9.88 Å². The zero-order valence-corrected chi connectivity index (χ0v) is 12.2. The lowest BCUT2D eigenvalue weighted by molar-refractivity contribution is -0.139. The number of aliphatic carboxylic acids is 1. The van der Waals surface area contributed by atoms with Gasteiger partial charge in [0.1, 0.15) is 0 Å². The molecule has 3 rings (SSSR count). The SMILES string of the molecule is O=C(O)CC1(NC(=O)c2cccc(-n3cccc3)c2)CCC1. The maximum absolute atomic E-state index is 12.4. The van der Waals surface area contributed by atoms with Crippen molar-refractivity contribution in [2.75, 3.05) is 0 Å². The molecule has 0 unspecified atom stereocenters. The van der Waals surface area contributed by atoms with Gasteiger partial charge in [-0.15, -0.1) is 0 Å². The van der Waals surface area contributed by atoms with Crippen LogP contribution in [0.3, 0.4) is 0 Å². The second-order valence-electron chi connectivity index (χ2n) is 5.80. The molecule has 0 radical (unpaired) electrons. The molecule has 1 aromatic heterocycles. The molecule has 1 heterocycles. The molecule has 1 fully saturated rings. The molecule has 0 aliphatic heterocycles. The van der Waals surface area contributed by atoms with Crippen LogP contribution in [-0.2, 0) is 4.79 Å². The quantitative estimate of drug-likeness (QED) is 0.891. The maximum Gasteiger partial charge on any atom is 0.305 e. The van der Waals surface area contributed by atoms with E-state index in [1.54, 1.807) is 6.07 Å². The molecule has 1 amide bonds. The summed E-state index contributed by atoms with van der Waals surface area (Å²) in [7, 11) is 0. The number of nitrogens with zero attached hydrogens (tertiary/aromatic N) is 1. The number of hydrogen-bond acceptors (Lipinski definition) is 2. The fourth-order valence-corrected chi connectivity index (χ4v) is 2.87. The van der Waals surface area contributed by atoms with Gasteiger partial charge in [-0.1, -0.05) is 6.07 Å². The van der Waals surface area contributed by atoms with Gasteiger partial charge in [0.25, 0.3) is 5.91 Å². The second kappa shape index (κ2) is 5.67. The van der Waals surface area contributed by atoms with E-state index < -0.39 is 11.5 Å². The number of nitrogens with one attached hydrogen (secondary N) is 1. The topological polar surface area (TPSA) is 71.3 Å². The molecular weight excluding hydrogens is 280 g/mol. The Hall–Kier alpha value is -2.56. The molecule has 0 bridgehead atoms. The molecule has 1 aliphatic carbocycles. The molecule has 5 heteroatoms. The number of carbonyl (C=O) groups is 2. The lowest BCUT2D eigenvalue weighted by Gasteiger charge is -2.41. The summed E-state index contributed by atoms with van der Waals surface area (Å²) >= 11 is 0. The number of carboxylic acids is 1. The molecule has 114 valence electrons. The van der Waals surface area contributed by atoms with E-state index in [1.165, 1.54) is 0 Å². The van der Waals surface area contributed by atoms with Gasteiger partial charge >= 0.3 is 5.97 Å². The predicted molar refractivity (Wildman–Crippen MR) is 82.1 cm³/mol. The maximum atomic E-state index is 12.4. The van der Waals surface area contributed by atoms with Crippen LogP contribution in [0.15, 0.2) is 48.8 Å². The van der Waals surface area contributed by atoms with Crippen molar-refractivity contribution in [3.8, 4) is 5.69 Å². The number of rotatable bonds is 5. The summed E-state index contributed by atoms with van der Waals surface area (Å²) in [5.41, 5.74) is 0.869. The average molecular weight is 298 g/mol. The van der Waals surface area contributed by atoms with Crippen LogP contribution < -0.4 is 5.32 Å². The molecular formula is C17H18N2O3. The zero-order chi connectivity index (χ0) is 15.6. The zero-order valence-electron chi connectivity index (χ0n) is 12.2. The Morgan fingerprint density at radius 2 is 1.91 bits per heavy atom. The van der Waals surface area contributed by atoms with E-state index in [2.05, 4.69) is 5.32 Å². The number of amides is 1. The molecule has 1 aliphatic rings. The van der Waals surface area contributed by atoms with Crippen molar-refractivity contribution in [2.45, 2.75) is 31.2 Å². The molecule has 22 heavy (non-hydrogen) atoms. The number of aromatic nitrogens is 1. The van der Waals surface area contributed by atoms with Gasteiger partial charge in [-0.3, -0.25) is 9.59 Å². The predicted octanol–water partition coefficient (Wildman–Crippen LogP) is 2.60. The number of benzene rings is 1. The van der Waals surface area contributed by atoms with Gasteiger partial charge in [0.2, 0.25) is 0 Å². The third-order valence-electron chi connectivity index (χ3n) is 4.19. The van der Waals surface area contributed by atoms with Crippen LogP contribution in [0.4, 0.5) is 0 Å². The second-order valence-corrected chi connectivity index (χ2v) is 5.80. The van der Waals surface area contributed by atoms with E-state index in [9.17, 15) is 9.59 Å². The highest BCUT2D eigenvalue weighted by Crippen LogP contribution is 2.35. The van der Waals surface area contributed by atoms with Crippen LogP contribution in [-0.4, -0.2) is 27.1 Å². The first-order chi connectivity index (χ1) is 10.6.